The topological polar surface area (TPSA) is 49.4 Å². The van der Waals surface area contributed by atoms with E-state index in [9.17, 15) is 9.59 Å². The Labute approximate surface area is 177 Å². The number of hydrogen-bond donors (Lipinski definition) is 1. The maximum atomic E-state index is 12.9. The zero-order valence-electron chi connectivity index (χ0n) is 12.7. The van der Waals surface area contributed by atoms with Crippen molar-refractivity contribution in [3.05, 3.63) is 67.1 Å². The van der Waals surface area contributed by atoms with Gasteiger partial charge in [0.15, 0.2) is 5.11 Å². The van der Waals surface area contributed by atoms with Crippen LogP contribution in [0.4, 0.5) is 5.69 Å². The fourth-order valence-electron chi connectivity index (χ4n) is 2.34. The van der Waals surface area contributed by atoms with Gasteiger partial charge in [-0.1, -0.05) is 56.8 Å². The van der Waals surface area contributed by atoms with Gasteiger partial charge in [0.2, 0.25) is 0 Å². The molecule has 1 aliphatic rings. The summed E-state index contributed by atoms with van der Waals surface area (Å²) in [6.45, 7) is 0. The fraction of sp³-hybridized carbons (Fsp3) is 0. The Balaban J connectivity index is 2.09. The Morgan fingerprint density at radius 1 is 1.12 bits per heavy atom. The van der Waals surface area contributed by atoms with Crippen molar-refractivity contribution < 1.29 is 9.59 Å². The number of carbonyl (C=O) groups is 2. The molecule has 0 aliphatic carbocycles. The van der Waals surface area contributed by atoms with Crippen molar-refractivity contribution in [2.24, 2.45) is 0 Å². The van der Waals surface area contributed by atoms with Crippen molar-refractivity contribution in [3.8, 4) is 0 Å². The summed E-state index contributed by atoms with van der Waals surface area (Å²) >= 11 is 26.6. The van der Waals surface area contributed by atoms with E-state index in [1.54, 1.807) is 18.2 Å². The number of nitrogens with zero attached hydrogens (tertiary/aromatic N) is 1. The van der Waals surface area contributed by atoms with Gasteiger partial charge in [0.1, 0.15) is 5.57 Å². The minimum Gasteiger partial charge on any atom is -0.298 e. The highest BCUT2D eigenvalue weighted by Gasteiger charge is 2.34. The average Bonchev–Trinajstić information content (AvgIpc) is 2.55. The highest BCUT2D eigenvalue weighted by atomic mass is 79.9. The molecule has 0 atom stereocenters. The molecule has 2 amide bonds. The molecule has 3 rings (SSSR count). The van der Waals surface area contributed by atoms with Crippen LogP contribution < -0.4 is 10.2 Å². The molecule has 0 aromatic heterocycles. The minimum atomic E-state index is -0.626. The van der Waals surface area contributed by atoms with E-state index in [0.29, 0.717) is 16.3 Å². The second-order valence-corrected chi connectivity index (χ2v) is 7.75. The lowest BCUT2D eigenvalue weighted by Crippen LogP contribution is -2.54. The maximum Gasteiger partial charge on any atom is 0.270 e. The lowest BCUT2D eigenvalue weighted by atomic mass is 10.1. The number of hydrogen-bond acceptors (Lipinski definition) is 3. The monoisotopic (exact) mass is 488 g/mol. The average molecular weight is 491 g/mol. The zero-order chi connectivity index (χ0) is 19.0. The zero-order valence-corrected chi connectivity index (χ0v) is 17.4. The van der Waals surface area contributed by atoms with Crippen molar-refractivity contribution in [1.29, 1.82) is 0 Å². The summed E-state index contributed by atoms with van der Waals surface area (Å²) < 4.78 is 0.762. The summed E-state index contributed by atoms with van der Waals surface area (Å²) in [5.41, 5.74) is 0.721. The van der Waals surface area contributed by atoms with Crippen LogP contribution in [0.15, 0.2) is 46.4 Å². The predicted molar refractivity (Wildman–Crippen MR) is 112 cm³/mol. The Hall–Kier alpha value is -1.44. The fourth-order valence-corrected chi connectivity index (χ4v) is 3.68. The van der Waals surface area contributed by atoms with E-state index in [-0.39, 0.29) is 20.7 Å². The Morgan fingerprint density at radius 3 is 2.54 bits per heavy atom. The largest absolute Gasteiger partial charge is 0.298 e. The lowest BCUT2D eigenvalue weighted by Gasteiger charge is -2.29. The molecular weight excluding hydrogens is 483 g/mol. The number of carbonyl (C=O) groups excluding carboxylic acids is 2. The van der Waals surface area contributed by atoms with E-state index >= 15 is 0 Å². The van der Waals surface area contributed by atoms with Gasteiger partial charge < -0.3 is 0 Å². The van der Waals surface area contributed by atoms with Crippen LogP contribution in [-0.2, 0) is 9.59 Å². The third-order valence-electron chi connectivity index (χ3n) is 3.49. The van der Waals surface area contributed by atoms with Gasteiger partial charge in [-0.05, 0) is 54.2 Å². The molecule has 0 bridgehead atoms. The smallest absolute Gasteiger partial charge is 0.270 e. The normalized spacial score (nSPS) is 16.2. The van der Waals surface area contributed by atoms with Gasteiger partial charge in [-0.25, -0.2) is 0 Å². The molecule has 0 radical (unpaired) electrons. The van der Waals surface area contributed by atoms with Crippen molar-refractivity contribution >= 4 is 91.6 Å². The van der Waals surface area contributed by atoms with E-state index in [2.05, 4.69) is 21.2 Å². The highest BCUT2D eigenvalue weighted by molar-refractivity contribution is 9.10. The maximum absolute atomic E-state index is 12.9. The standard InChI is InChI=1S/C17H8BrCl3N2O2S/c18-9-2-1-3-11(6-9)23-16(25)12(15(24)22-17(23)26)5-8-4-10(19)7-13(20)14(8)21/h1-7H,(H,22,24,26)/b12-5-. The summed E-state index contributed by atoms with van der Waals surface area (Å²) in [5.74, 6) is -1.21. The van der Waals surface area contributed by atoms with Crippen LogP contribution in [0.25, 0.3) is 6.08 Å². The summed E-state index contributed by atoms with van der Waals surface area (Å²) in [5, 5.41) is 3.22. The van der Waals surface area contributed by atoms with E-state index in [0.717, 1.165) is 4.47 Å². The Bertz CT molecular complexity index is 994. The van der Waals surface area contributed by atoms with E-state index < -0.39 is 11.8 Å². The second kappa shape index (κ2) is 7.66. The van der Waals surface area contributed by atoms with Gasteiger partial charge in [-0.3, -0.25) is 19.8 Å². The number of thiocarbonyl (C=S) groups is 1. The molecule has 1 N–H and O–H groups in total. The number of nitrogens with one attached hydrogen (secondary N) is 1. The Kier molecular flexibility index (Phi) is 5.69. The second-order valence-electron chi connectivity index (χ2n) is 5.23. The molecule has 4 nitrogen and oxygen atoms in total. The number of amides is 2. The van der Waals surface area contributed by atoms with Crippen LogP contribution in [0.3, 0.4) is 0 Å². The molecule has 0 saturated carbocycles. The first kappa shape index (κ1) is 19.3. The number of rotatable bonds is 2. The molecule has 1 heterocycles. The molecular formula is C17H8BrCl3N2O2S. The molecule has 26 heavy (non-hydrogen) atoms. The molecule has 2 aromatic carbocycles. The predicted octanol–water partition coefficient (Wildman–Crippen LogP) is 5.24. The van der Waals surface area contributed by atoms with Gasteiger partial charge in [-0.15, -0.1) is 0 Å². The summed E-state index contributed by atoms with van der Waals surface area (Å²) in [6, 6.07) is 9.96. The van der Waals surface area contributed by atoms with Crippen LogP contribution in [0.1, 0.15) is 5.56 Å². The number of benzene rings is 2. The first-order chi connectivity index (χ1) is 12.3. The van der Waals surface area contributed by atoms with Crippen molar-refractivity contribution in [3.63, 3.8) is 0 Å². The molecule has 0 spiro atoms. The van der Waals surface area contributed by atoms with E-state index in [1.807, 2.05) is 6.07 Å². The van der Waals surface area contributed by atoms with Gasteiger partial charge in [-0.2, -0.15) is 0 Å². The minimum absolute atomic E-state index is 0.00882. The SMILES string of the molecule is O=C1NC(=S)N(c2cccc(Br)c2)C(=O)/C1=C\c1cc(Cl)cc(Cl)c1Cl. The van der Waals surface area contributed by atoms with Gasteiger partial charge in [0.05, 0.1) is 15.7 Å². The first-order valence-electron chi connectivity index (χ1n) is 7.09. The number of anilines is 1. The summed E-state index contributed by atoms with van der Waals surface area (Å²) in [6.07, 6.45) is 1.34. The third-order valence-corrected chi connectivity index (χ3v) is 5.30. The van der Waals surface area contributed by atoms with Crippen LogP contribution in [0, 0.1) is 0 Å². The molecule has 1 aliphatic heterocycles. The van der Waals surface area contributed by atoms with Gasteiger partial charge in [0, 0.05) is 9.50 Å². The molecule has 132 valence electrons. The quantitative estimate of drug-likeness (QED) is 0.271. The molecule has 0 unspecified atom stereocenters. The molecule has 1 saturated heterocycles. The van der Waals surface area contributed by atoms with Crippen LogP contribution in [0.5, 0.6) is 0 Å². The third kappa shape index (κ3) is 3.80. The van der Waals surface area contributed by atoms with Crippen molar-refractivity contribution in [2.75, 3.05) is 4.90 Å². The first-order valence-corrected chi connectivity index (χ1v) is 9.43. The van der Waals surface area contributed by atoms with Crippen LogP contribution >= 0.6 is 63.0 Å². The molecule has 9 heteroatoms. The summed E-state index contributed by atoms with van der Waals surface area (Å²) in [4.78, 5) is 26.5. The molecule has 1 fully saturated rings. The van der Waals surface area contributed by atoms with Crippen LogP contribution in [-0.4, -0.2) is 16.9 Å². The lowest BCUT2D eigenvalue weighted by molar-refractivity contribution is -0.122. The van der Waals surface area contributed by atoms with Gasteiger partial charge in [0.25, 0.3) is 11.8 Å². The highest BCUT2D eigenvalue weighted by Crippen LogP contribution is 2.32. The van der Waals surface area contributed by atoms with Gasteiger partial charge >= 0.3 is 0 Å². The summed E-state index contributed by atoms with van der Waals surface area (Å²) in [7, 11) is 0. The van der Waals surface area contributed by atoms with Crippen LogP contribution in [0.2, 0.25) is 15.1 Å². The van der Waals surface area contributed by atoms with Crippen molar-refractivity contribution in [2.45, 2.75) is 0 Å². The molecule has 2 aromatic rings. The Morgan fingerprint density at radius 2 is 1.85 bits per heavy atom. The van der Waals surface area contributed by atoms with Crippen molar-refractivity contribution in [1.82, 2.24) is 5.32 Å². The van der Waals surface area contributed by atoms with E-state index in [4.69, 9.17) is 47.0 Å². The number of halogens is 4. The van der Waals surface area contributed by atoms with E-state index in [1.165, 1.54) is 23.1 Å².